The topological polar surface area (TPSA) is 98.7 Å². The zero-order valence-electron chi connectivity index (χ0n) is 8.95. The molecule has 0 aliphatic carbocycles. The van der Waals surface area contributed by atoms with Crippen molar-refractivity contribution in [1.82, 2.24) is 10.6 Å². The van der Waals surface area contributed by atoms with E-state index in [1.54, 1.807) is 0 Å². The van der Waals surface area contributed by atoms with Gasteiger partial charge in [0.2, 0.25) is 0 Å². The van der Waals surface area contributed by atoms with Crippen LogP contribution in [0.4, 0.5) is 0 Å². The van der Waals surface area contributed by atoms with Crippen LogP contribution >= 0.6 is 0 Å². The molecule has 4 N–H and O–H groups in total. The van der Waals surface area contributed by atoms with Crippen molar-refractivity contribution in [3.8, 4) is 0 Å². The van der Waals surface area contributed by atoms with E-state index in [4.69, 9.17) is 10.2 Å². The van der Waals surface area contributed by atoms with E-state index < -0.39 is 11.9 Å². The van der Waals surface area contributed by atoms with Gasteiger partial charge in [-0.15, -0.1) is 0 Å². The van der Waals surface area contributed by atoms with Gasteiger partial charge in [0, 0.05) is 26.2 Å². The first-order chi connectivity index (χ1) is 6.63. The van der Waals surface area contributed by atoms with Gasteiger partial charge in [-0.25, -0.2) is 0 Å². The molecule has 0 bridgehead atoms. The minimum Gasteiger partial charge on any atom is -0.481 e. The van der Waals surface area contributed by atoms with E-state index in [9.17, 15) is 9.59 Å². The summed E-state index contributed by atoms with van der Waals surface area (Å²) in [5.41, 5.74) is 0. The van der Waals surface area contributed by atoms with Gasteiger partial charge in [-0.05, 0) is 0 Å². The van der Waals surface area contributed by atoms with Crippen molar-refractivity contribution in [2.24, 2.45) is 0 Å². The van der Waals surface area contributed by atoms with E-state index in [0.29, 0.717) is 0 Å². The van der Waals surface area contributed by atoms with E-state index in [1.807, 2.05) is 0 Å². The van der Waals surface area contributed by atoms with Crippen LogP contribution in [0.15, 0.2) is 0 Å². The van der Waals surface area contributed by atoms with Gasteiger partial charge in [-0.1, -0.05) is 0 Å². The molecule has 1 aliphatic rings. The van der Waals surface area contributed by atoms with Crippen LogP contribution in [0.5, 0.6) is 0 Å². The molecule has 0 atom stereocenters. The molecule has 0 amide bonds. The Bertz CT molecular complexity index is 160. The Balaban J connectivity index is 0. The summed E-state index contributed by atoms with van der Waals surface area (Å²) in [7, 11) is 0. The molecule has 1 heterocycles. The molecule has 0 radical (unpaired) electrons. The predicted octanol–water partition coefficient (Wildman–Crippen LogP) is -3.88. The number of carbonyl (C=O) groups is 2. The van der Waals surface area contributed by atoms with Crippen molar-refractivity contribution in [2.75, 3.05) is 26.2 Å². The van der Waals surface area contributed by atoms with Gasteiger partial charge in [0.25, 0.3) is 0 Å². The summed E-state index contributed by atoms with van der Waals surface area (Å²) < 4.78 is 0. The van der Waals surface area contributed by atoms with Crippen LogP contribution in [-0.4, -0.2) is 48.3 Å². The Morgan fingerprint density at radius 1 is 0.867 bits per heavy atom. The number of carboxylic acids is 2. The molecule has 0 aromatic carbocycles. The third-order valence-corrected chi connectivity index (χ3v) is 1.51. The van der Waals surface area contributed by atoms with Crippen molar-refractivity contribution in [3.05, 3.63) is 0 Å². The molecule has 0 aromatic heterocycles. The Labute approximate surface area is 131 Å². The molecular weight excluding hydrogens is 227 g/mol. The van der Waals surface area contributed by atoms with Crippen LogP contribution in [0, 0.1) is 0 Å². The summed E-state index contributed by atoms with van der Waals surface area (Å²) in [6.45, 7) is 4.56. The molecular formula is C8H16KN2O4+. The van der Waals surface area contributed by atoms with Crippen LogP contribution in [0.3, 0.4) is 0 Å². The number of aliphatic carboxylic acids is 2. The van der Waals surface area contributed by atoms with Crippen LogP contribution in [0.1, 0.15) is 12.8 Å². The van der Waals surface area contributed by atoms with Crippen LogP contribution < -0.4 is 62.0 Å². The maximum atomic E-state index is 9.64. The molecule has 1 fully saturated rings. The fraction of sp³-hybridized carbons (Fsp3) is 0.750. The zero-order chi connectivity index (χ0) is 10.8. The number of carboxylic acid groups (broad SMARTS) is 2. The maximum Gasteiger partial charge on any atom is 1.00 e. The van der Waals surface area contributed by atoms with E-state index >= 15 is 0 Å². The van der Waals surface area contributed by atoms with Gasteiger partial charge < -0.3 is 20.8 Å². The largest absolute Gasteiger partial charge is 1.00 e. The molecule has 15 heavy (non-hydrogen) atoms. The SMILES string of the molecule is C1CNCCN1.O=C(O)CCC(=O)O.[K+]. The van der Waals surface area contributed by atoms with Gasteiger partial charge in [-0.2, -0.15) is 0 Å². The maximum absolute atomic E-state index is 9.64. The fourth-order valence-corrected chi connectivity index (χ4v) is 0.817. The summed E-state index contributed by atoms with van der Waals surface area (Å²) in [5, 5.41) is 22.2. The molecule has 7 heteroatoms. The van der Waals surface area contributed by atoms with Gasteiger partial charge in [0.15, 0.2) is 0 Å². The summed E-state index contributed by atoms with van der Waals surface area (Å²) in [5.74, 6) is -2.15. The van der Waals surface area contributed by atoms with E-state index in [0.717, 1.165) is 26.2 Å². The van der Waals surface area contributed by atoms with E-state index in [-0.39, 0.29) is 64.2 Å². The van der Waals surface area contributed by atoms with Gasteiger partial charge in [-0.3, -0.25) is 9.59 Å². The average molecular weight is 243 g/mol. The average Bonchev–Trinajstić information content (AvgIpc) is 2.18. The summed E-state index contributed by atoms with van der Waals surface area (Å²) >= 11 is 0. The molecule has 0 unspecified atom stereocenters. The van der Waals surface area contributed by atoms with Crippen LogP contribution in [0.2, 0.25) is 0 Å². The summed E-state index contributed by atoms with van der Waals surface area (Å²) in [6.07, 6.45) is -0.593. The van der Waals surface area contributed by atoms with Gasteiger partial charge in [0.05, 0.1) is 12.8 Å². The molecule has 1 saturated heterocycles. The minimum atomic E-state index is -1.08. The van der Waals surface area contributed by atoms with E-state index in [2.05, 4.69) is 10.6 Å². The summed E-state index contributed by atoms with van der Waals surface area (Å²) in [6, 6.07) is 0. The first-order valence-electron chi connectivity index (χ1n) is 4.48. The van der Waals surface area contributed by atoms with E-state index in [1.165, 1.54) is 0 Å². The Kier molecular flexibility index (Phi) is 15.0. The molecule has 0 aromatic rings. The normalized spacial score (nSPS) is 14.1. The summed E-state index contributed by atoms with van der Waals surface area (Å²) in [4.78, 5) is 19.3. The number of piperazine rings is 1. The molecule has 1 rings (SSSR count). The molecule has 1 aliphatic heterocycles. The number of hydrogen-bond acceptors (Lipinski definition) is 4. The Morgan fingerprint density at radius 3 is 1.27 bits per heavy atom. The third kappa shape index (κ3) is 17.1. The third-order valence-electron chi connectivity index (χ3n) is 1.51. The number of nitrogens with one attached hydrogen (secondary N) is 2. The minimum absolute atomic E-state index is 0. The smallest absolute Gasteiger partial charge is 0.481 e. The second-order valence-corrected chi connectivity index (χ2v) is 2.79. The van der Waals surface area contributed by atoms with Crippen molar-refractivity contribution in [2.45, 2.75) is 12.8 Å². The predicted molar refractivity (Wildman–Crippen MR) is 50.2 cm³/mol. The zero-order valence-corrected chi connectivity index (χ0v) is 12.1. The standard InChI is InChI=1S/C4H10N2.C4H6O4.K/c1-2-6-4-3-5-1;5-3(6)1-2-4(7)8;/h5-6H,1-4H2;1-2H2,(H,5,6)(H,7,8);/q;;+1. The second kappa shape index (κ2) is 12.6. The first-order valence-corrected chi connectivity index (χ1v) is 4.48. The van der Waals surface area contributed by atoms with Crippen molar-refractivity contribution >= 4 is 11.9 Å². The van der Waals surface area contributed by atoms with Gasteiger partial charge >= 0.3 is 63.3 Å². The Hall–Kier alpha value is 0.496. The van der Waals surface area contributed by atoms with Crippen LogP contribution in [-0.2, 0) is 9.59 Å². The molecule has 82 valence electrons. The van der Waals surface area contributed by atoms with Crippen molar-refractivity contribution in [1.29, 1.82) is 0 Å². The second-order valence-electron chi connectivity index (χ2n) is 2.79. The number of hydrogen-bond donors (Lipinski definition) is 4. The molecule has 0 saturated carbocycles. The Morgan fingerprint density at radius 2 is 1.13 bits per heavy atom. The first kappa shape index (κ1) is 17.9. The van der Waals surface area contributed by atoms with Gasteiger partial charge in [0.1, 0.15) is 0 Å². The monoisotopic (exact) mass is 243 g/mol. The molecule has 6 nitrogen and oxygen atoms in total. The number of rotatable bonds is 3. The van der Waals surface area contributed by atoms with Crippen molar-refractivity contribution in [3.63, 3.8) is 0 Å². The quantitative estimate of drug-likeness (QED) is 0.379. The fourth-order valence-electron chi connectivity index (χ4n) is 0.817. The van der Waals surface area contributed by atoms with Crippen molar-refractivity contribution < 1.29 is 71.2 Å². The van der Waals surface area contributed by atoms with Crippen LogP contribution in [0.25, 0.3) is 0 Å². The molecule has 0 spiro atoms.